The number of aliphatic hydroxyl groups excluding tert-OH is 1. The quantitative estimate of drug-likeness (QED) is 0.749. The fraction of sp³-hybridized carbons (Fsp3) is 0.929. The van der Waals surface area contributed by atoms with Crippen molar-refractivity contribution >= 4 is 5.91 Å². The minimum absolute atomic E-state index is 0.00407. The van der Waals surface area contributed by atoms with Crippen LogP contribution in [0.4, 0.5) is 0 Å². The van der Waals surface area contributed by atoms with Crippen LogP contribution in [0.1, 0.15) is 40.5 Å². The Labute approximate surface area is 116 Å². The summed E-state index contributed by atoms with van der Waals surface area (Å²) in [5, 5.41) is 12.3. The number of hydrogen-bond donors (Lipinski definition) is 2. The SMILES string of the molecule is CCC(CC)NC(=O)C(C)N1CC(CO)OCC1C. The van der Waals surface area contributed by atoms with Crippen LogP contribution in [0.15, 0.2) is 0 Å². The first-order valence-electron chi connectivity index (χ1n) is 7.31. The molecule has 3 unspecified atom stereocenters. The molecule has 0 aliphatic carbocycles. The number of carbonyl (C=O) groups excluding carboxylic acids is 1. The van der Waals surface area contributed by atoms with E-state index in [-0.39, 0.29) is 36.7 Å². The fourth-order valence-corrected chi connectivity index (χ4v) is 2.45. The zero-order valence-electron chi connectivity index (χ0n) is 12.6. The highest BCUT2D eigenvalue weighted by Gasteiger charge is 2.32. The van der Waals surface area contributed by atoms with Gasteiger partial charge in [0, 0.05) is 18.6 Å². The van der Waals surface area contributed by atoms with Crippen LogP contribution in [-0.2, 0) is 9.53 Å². The minimum Gasteiger partial charge on any atom is -0.394 e. The molecule has 0 spiro atoms. The van der Waals surface area contributed by atoms with Gasteiger partial charge in [-0.2, -0.15) is 0 Å². The fourth-order valence-electron chi connectivity index (χ4n) is 2.45. The van der Waals surface area contributed by atoms with Crippen LogP contribution in [0.2, 0.25) is 0 Å². The van der Waals surface area contributed by atoms with Crippen LogP contribution < -0.4 is 5.32 Å². The van der Waals surface area contributed by atoms with Crippen molar-refractivity contribution in [2.24, 2.45) is 0 Å². The number of aliphatic hydroxyl groups is 1. The number of amides is 1. The predicted octanol–water partition coefficient (Wildman–Crippen LogP) is 0.761. The van der Waals surface area contributed by atoms with Gasteiger partial charge in [-0.05, 0) is 26.7 Å². The van der Waals surface area contributed by atoms with Gasteiger partial charge in [0.2, 0.25) is 5.91 Å². The van der Waals surface area contributed by atoms with E-state index >= 15 is 0 Å². The van der Waals surface area contributed by atoms with Gasteiger partial charge in [-0.3, -0.25) is 9.69 Å². The van der Waals surface area contributed by atoms with Crippen molar-refractivity contribution in [2.45, 2.75) is 64.8 Å². The molecular weight excluding hydrogens is 244 g/mol. The standard InChI is InChI=1S/C14H28N2O3/c1-5-12(6-2)15-14(18)11(4)16-7-13(8-17)19-9-10(16)3/h10-13,17H,5-9H2,1-4H3,(H,15,18). The summed E-state index contributed by atoms with van der Waals surface area (Å²) in [6.07, 6.45) is 1.72. The Morgan fingerprint density at radius 2 is 2.11 bits per heavy atom. The molecule has 0 aromatic carbocycles. The van der Waals surface area contributed by atoms with E-state index in [4.69, 9.17) is 4.74 Å². The van der Waals surface area contributed by atoms with Crippen LogP contribution >= 0.6 is 0 Å². The number of ether oxygens (including phenoxy) is 1. The third-order valence-electron chi connectivity index (χ3n) is 3.97. The average Bonchev–Trinajstić information content (AvgIpc) is 2.44. The van der Waals surface area contributed by atoms with E-state index in [2.05, 4.69) is 31.0 Å². The van der Waals surface area contributed by atoms with E-state index in [0.29, 0.717) is 13.2 Å². The summed E-state index contributed by atoms with van der Waals surface area (Å²) in [6, 6.07) is 0.263. The van der Waals surface area contributed by atoms with Gasteiger partial charge in [0.25, 0.3) is 0 Å². The highest BCUT2D eigenvalue weighted by Crippen LogP contribution is 2.15. The van der Waals surface area contributed by atoms with Crippen molar-refractivity contribution in [1.29, 1.82) is 0 Å². The minimum atomic E-state index is -0.187. The number of nitrogens with one attached hydrogen (secondary N) is 1. The first-order valence-corrected chi connectivity index (χ1v) is 7.31. The van der Waals surface area contributed by atoms with Crippen molar-refractivity contribution < 1.29 is 14.6 Å². The Morgan fingerprint density at radius 3 is 2.63 bits per heavy atom. The highest BCUT2D eigenvalue weighted by atomic mass is 16.5. The predicted molar refractivity (Wildman–Crippen MR) is 75.0 cm³/mol. The molecule has 1 aliphatic rings. The molecule has 5 nitrogen and oxygen atoms in total. The highest BCUT2D eigenvalue weighted by molar-refractivity contribution is 5.81. The Kier molecular flexibility index (Phi) is 6.75. The number of nitrogens with zero attached hydrogens (tertiary/aromatic N) is 1. The molecule has 2 N–H and O–H groups in total. The lowest BCUT2D eigenvalue weighted by Crippen LogP contribution is -2.57. The second kappa shape index (κ2) is 7.82. The zero-order valence-corrected chi connectivity index (χ0v) is 12.6. The van der Waals surface area contributed by atoms with Crippen molar-refractivity contribution in [1.82, 2.24) is 10.2 Å². The van der Waals surface area contributed by atoms with E-state index in [1.807, 2.05) is 6.92 Å². The normalized spacial score (nSPS) is 26.4. The summed E-state index contributed by atoms with van der Waals surface area (Å²) in [6.45, 7) is 9.31. The largest absolute Gasteiger partial charge is 0.394 e. The smallest absolute Gasteiger partial charge is 0.237 e. The van der Waals surface area contributed by atoms with Gasteiger partial charge in [0.1, 0.15) is 0 Å². The van der Waals surface area contributed by atoms with Crippen LogP contribution in [0, 0.1) is 0 Å². The summed E-state index contributed by atoms with van der Waals surface area (Å²) >= 11 is 0. The first-order chi connectivity index (χ1) is 9.03. The van der Waals surface area contributed by atoms with Crippen LogP contribution in [0.5, 0.6) is 0 Å². The maximum Gasteiger partial charge on any atom is 0.237 e. The van der Waals surface area contributed by atoms with Gasteiger partial charge >= 0.3 is 0 Å². The molecule has 0 saturated carbocycles. The first kappa shape index (κ1) is 16.4. The molecule has 0 radical (unpaired) electrons. The van der Waals surface area contributed by atoms with E-state index in [1.165, 1.54) is 0 Å². The summed E-state index contributed by atoms with van der Waals surface area (Å²) in [4.78, 5) is 14.4. The lowest BCUT2D eigenvalue weighted by Gasteiger charge is -2.40. The van der Waals surface area contributed by atoms with E-state index in [0.717, 1.165) is 12.8 Å². The van der Waals surface area contributed by atoms with Crippen molar-refractivity contribution in [3.63, 3.8) is 0 Å². The molecule has 0 bridgehead atoms. The third-order valence-corrected chi connectivity index (χ3v) is 3.97. The van der Waals surface area contributed by atoms with Crippen LogP contribution in [0.3, 0.4) is 0 Å². The van der Waals surface area contributed by atoms with Gasteiger partial charge < -0.3 is 15.2 Å². The molecule has 1 heterocycles. The van der Waals surface area contributed by atoms with Crippen LogP contribution in [-0.4, -0.2) is 59.9 Å². The van der Waals surface area contributed by atoms with Gasteiger partial charge in [0.05, 0.1) is 25.4 Å². The summed E-state index contributed by atoms with van der Waals surface area (Å²) in [7, 11) is 0. The van der Waals surface area contributed by atoms with Gasteiger partial charge in [0.15, 0.2) is 0 Å². The summed E-state index contributed by atoms with van der Waals surface area (Å²) in [5.74, 6) is 0.0686. The van der Waals surface area contributed by atoms with Gasteiger partial charge in [-0.1, -0.05) is 13.8 Å². The number of carbonyl (C=O) groups is 1. The number of morpholine rings is 1. The molecule has 3 atom stereocenters. The van der Waals surface area contributed by atoms with Crippen LogP contribution in [0.25, 0.3) is 0 Å². The number of hydrogen-bond acceptors (Lipinski definition) is 4. The lowest BCUT2D eigenvalue weighted by molar-refractivity contribution is -0.135. The monoisotopic (exact) mass is 272 g/mol. The second-order valence-corrected chi connectivity index (χ2v) is 5.38. The Morgan fingerprint density at radius 1 is 1.47 bits per heavy atom. The molecule has 112 valence electrons. The molecule has 1 rings (SSSR count). The zero-order chi connectivity index (χ0) is 14.4. The average molecular weight is 272 g/mol. The lowest BCUT2D eigenvalue weighted by atomic mass is 10.1. The summed E-state index contributed by atoms with van der Waals surface area (Å²) in [5.41, 5.74) is 0. The van der Waals surface area contributed by atoms with E-state index in [1.54, 1.807) is 0 Å². The van der Waals surface area contributed by atoms with Crippen molar-refractivity contribution in [2.75, 3.05) is 19.8 Å². The molecule has 5 heteroatoms. The molecule has 0 aromatic heterocycles. The topological polar surface area (TPSA) is 61.8 Å². The molecule has 0 aromatic rings. The second-order valence-electron chi connectivity index (χ2n) is 5.38. The van der Waals surface area contributed by atoms with Gasteiger partial charge in [-0.25, -0.2) is 0 Å². The molecule has 1 saturated heterocycles. The van der Waals surface area contributed by atoms with E-state index < -0.39 is 0 Å². The maximum atomic E-state index is 12.3. The van der Waals surface area contributed by atoms with Crippen molar-refractivity contribution in [3.05, 3.63) is 0 Å². The molecule has 1 amide bonds. The van der Waals surface area contributed by atoms with Gasteiger partial charge in [-0.15, -0.1) is 0 Å². The Balaban J connectivity index is 2.58. The van der Waals surface area contributed by atoms with E-state index in [9.17, 15) is 9.90 Å². The maximum absolute atomic E-state index is 12.3. The third kappa shape index (κ3) is 4.44. The molecule has 1 fully saturated rings. The summed E-state index contributed by atoms with van der Waals surface area (Å²) < 4.78 is 5.50. The molecule has 1 aliphatic heterocycles. The Bertz CT molecular complexity index is 282. The number of rotatable bonds is 6. The molecular formula is C14H28N2O3. The Hall–Kier alpha value is -0.650. The molecule has 19 heavy (non-hydrogen) atoms. The van der Waals surface area contributed by atoms with Crippen molar-refractivity contribution in [3.8, 4) is 0 Å².